The molecule has 19 heavy (non-hydrogen) atoms. The lowest BCUT2D eigenvalue weighted by molar-refractivity contribution is 0.0992. The van der Waals surface area contributed by atoms with Gasteiger partial charge in [0.1, 0.15) is 5.75 Å². The first-order valence-electron chi connectivity index (χ1n) is 6.13. The summed E-state index contributed by atoms with van der Waals surface area (Å²) in [6, 6.07) is 12.4. The third-order valence-corrected chi connectivity index (χ3v) is 3.17. The van der Waals surface area contributed by atoms with Crippen LogP contribution in [-0.4, -0.2) is 18.1 Å². The highest BCUT2D eigenvalue weighted by Crippen LogP contribution is 2.20. The highest BCUT2D eigenvalue weighted by Gasteiger charge is 2.15. The van der Waals surface area contributed by atoms with Gasteiger partial charge in [0.15, 0.2) is 0 Å². The number of nitrogens with zero attached hydrogens (tertiary/aromatic N) is 1. The summed E-state index contributed by atoms with van der Waals surface area (Å²) in [5.41, 5.74) is 3.48. The van der Waals surface area contributed by atoms with Gasteiger partial charge < -0.3 is 10.0 Å². The van der Waals surface area contributed by atoms with Gasteiger partial charge in [0.2, 0.25) is 0 Å². The average Bonchev–Trinajstić information content (AvgIpc) is 2.41. The summed E-state index contributed by atoms with van der Waals surface area (Å²) in [6.45, 7) is 3.90. The first-order chi connectivity index (χ1) is 8.99. The van der Waals surface area contributed by atoms with Crippen molar-refractivity contribution in [3.05, 3.63) is 59.2 Å². The summed E-state index contributed by atoms with van der Waals surface area (Å²) in [7, 11) is 1.73. The van der Waals surface area contributed by atoms with Gasteiger partial charge in [-0.15, -0.1) is 0 Å². The number of carbonyl (C=O) groups is 1. The van der Waals surface area contributed by atoms with Crippen LogP contribution in [0.1, 0.15) is 21.5 Å². The molecule has 0 aliphatic heterocycles. The number of phenols is 1. The van der Waals surface area contributed by atoms with E-state index in [0.717, 1.165) is 16.8 Å². The SMILES string of the molecule is Cc1ccc(C)c(C(=O)N(C)c2ccc(O)cc2)c1. The van der Waals surface area contributed by atoms with Gasteiger partial charge in [-0.25, -0.2) is 0 Å². The van der Waals surface area contributed by atoms with Gasteiger partial charge in [-0.1, -0.05) is 17.7 Å². The number of rotatable bonds is 2. The van der Waals surface area contributed by atoms with Crippen molar-refractivity contribution in [3.8, 4) is 5.75 Å². The summed E-state index contributed by atoms with van der Waals surface area (Å²) >= 11 is 0. The molecule has 1 N–H and O–H groups in total. The molecule has 1 amide bonds. The lowest BCUT2D eigenvalue weighted by atomic mass is 10.0. The van der Waals surface area contributed by atoms with Crippen LogP contribution in [0.15, 0.2) is 42.5 Å². The van der Waals surface area contributed by atoms with E-state index in [-0.39, 0.29) is 11.7 Å². The van der Waals surface area contributed by atoms with E-state index < -0.39 is 0 Å². The Balaban J connectivity index is 2.33. The van der Waals surface area contributed by atoms with Gasteiger partial charge in [0.05, 0.1) is 0 Å². The Bertz CT molecular complexity index is 603. The molecular weight excluding hydrogens is 238 g/mol. The summed E-state index contributed by atoms with van der Waals surface area (Å²) < 4.78 is 0. The standard InChI is InChI=1S/C16H17NO2/c1-11-4-5-12(2)15(10-11)16(19)17(3)13-6-8-14(18)9-7-13/h4-10,18H,1-3H3. The van der Waals surface area contributed by atoms with Gasteiger partial charge in [-0.2, -0.15) is 0 Å². The smallest absolute Gasteiger partial charge is 0.258 e. The fraction of sp³-hybridized carbons (Fsp3) is 0.188. The van der Waals surface area contributed by atoms with Crippen molar-refractivity contribution in [2.45, 2.75) is 13.8 Å². The molecule has 2 rings (SSSR count). The fourth-order valence-electron chi connectivity index (χ4n) is 1.94. The molecule has 0 aliphatic carbocycles. The average molecular weight is 255 g/mol. The van der Waals surface area contributed by atoms with Crippen LogP contribution in [0.3, 0.4) is 0 Å². The van der Waals surface area contributed by atoms with Gasteiger partial charge in [-0.3, -0.25) is 4.79 Å². The molecular formula is C16H17NO2. The van der Waals surface area contributed by atoms with Gasteiger partial charge in [0, 0.05) is 18.3 Å². The van der Waals surface area contributed by atoms with Crippen molar-refractivity contribution >= 4 is 11.6 Å². The zero-order valence-corrected chi connectivity index (χ0v) is 11.3. The van der Waals surface area contributed by atoms with E-state index in [4.69, 9.17) is 0 Å². The van der Waals surface area contributed by atoms with Crippen molar-refractivity contribution in [2.75, 3.05) is 11.9 Å². The Morgan fingerprint density at radius 3 is 2.32 bits per heavy atom. The monoisotopic (exact) mass is 255 g/mol. The fourth-order valence-corrected chi connectivity index (χ4v) is 1.94. The number of phenolic OH excluding ortho intramolecular Hbond substituents is 1. The van der Waals surface area contributed by atoms with E-state index in [1.54, 1.807) is 36.2 Å². The van der Waals surface area contributed by atoms with Crippen molar-refractivity contribution in [1.29, 1.82) is 0 Å². The van der Waals surface area contributed by atoms with Crippen LogP contribution in [0, 0.1) is 13.8 Å². The van der Waals surface area contributed by atoms with Crippen molar-refractivity contribution in [1.82, 2.24) is 0 Å². The van der Waals surface area contributed by atoms with Crippen molar-refractivity contribution in [3.63, 3.8) is 0 Å². The maximum absolute atomic E-state index is 12.5. The van der Waals surface area contributed by atoms with Crippen molar-refractivity contribution < 1.29 is 9.90 Å². The lowest BCUT2D eigenvalue weighted by Gasteiger charge is -2.19. The summed E-state index contributed by atoms with van der Waals surface area (Å²) in [4.78, 5) is 14.1. The minimum Gasteiger partial charge on any atom is -0.508 e. The molecule has 2 aromatic rings. The first kappa shape index (κ1) is 13.1. The minimum atomic E-state index is -0.0492. The van der Waals surface area contributed by atoms with Gasteiger partial charge in [-0.05, 0) is 49.7 Å². The van der Waals surface area contributed by atoms with Crippen LogP contribution in [0.2, 0.25) is 0 Å². The predicted molar refractivity (Wildman–Crippen MR) is 76.8 cm³/mol. The molecule has 3 nitrogen and oxygen atoms in total. The maximum Gasteiger partial charge on any atom is 0.258 e. The highest BCUT2D eigenvalue weighted by molar-refractivity contribution is 6.06. The van der Waals surface area contributed by atoms with Crippen molar-refractivity contribution in [2.24, 2.45) is 0 Å². The molecule has 0 unspecified atom stereocenters. The molecule has 0 aliphatic rings. The minimum absolute atomic E-state index is 0.0492. The second kappa shape index (κ2) is 5.14. The molecule has 3 heteroatoms. The molecule has 0 aromatic heterocycles. The second-order valence-electron chi connectivity index (χ2n) is 4.70. The number of amides is 1. The molecule has 0 heterocycles. The lowest BCUT2D eigenvalue weighted by Crippen LogP contribution is -2.26. The third kappa shape index (κ3) is 2.76. The summed E-state index contributed by atoms with van der Waals surface area (Å²) in [6.07, 6.45) is 0. The highest BCUT2D eigenvalue weighted by atomic mass is 16.3. The number of carbonyl (C=O) groups excluding carboxylic acids is 1. The zero-order valence-electron chi connectivity index (χ0n) is 11.3. The number of hydrogen-bond donors (Lipinski definition) is 1. The maximum atomic E-state index is 12.5. The zero-order chi connectivity index (χ0) is 14.0. The Hall–Kier alpha value is -2.29. The number of aryl methyl sites for hydroxylation is 2. The molecule has 2 aromatic carbocycles. The van der Waals surface area contributed by atoms with Crippen LogP contribution in [0.25, 0.3) is 0 Å². The number of aromatic hydroxyl groups is 1. The third-order valence-electron chi connectivity index (χ3n) is 3.17. The predicted octanol–water partition coefficient (Wildman–Crippen LogP) is 3.29. The largest absolute Gasteiger partial charge is 0.508 e. The van der Waals surface area contributed by atoms with Gasteiger partial charge in [0.25, 0.3) is 5.91 Å². The van der Waals surface area contributed by atoms with E-state index in [1.165, 1.54) is 0 Å². The van der Waals surface area contributed by atoms with E-state index in [0.29, 0.717) is 5.56 Å². The molecule has 0 atom stereocenters. The summed E-state index contributed by atoms with van der Waals surface area (Å²) in [5.74, 6) is 0.142. The van der Waals surface area contributed by atoms with Crippen LogP contribution < -0.4 is 4.90 Å². The molecule has 0 spiro atoms. The number of anilines is 1. The Labute approximate surface area is 113 Å². The Morgan fingerprint density at radius 2 is 1.68 bits per heavy atom. The number of hydrogen-bond acceptors (Lipinski definition) is 2. The number of benzene rings is 2. The van der Waals surface area contributed by atoms with Crippen LogP contribution in [-0.2, 0) is 0 Å². The van der Waals surface area contributed by atoms with E-state index in [2.05, 4.69) is 0 Å². The van der Waals surface area contributed by atoms with E-state index >= 15 is 0 Å². The Kier molecular flexibility index (Phi) is 3.56. The topological polar surface area (TPSA) is 40.5 Å². The van der Waals surface area contributed by atoms with E-state index in [1.807, 2.05) is 32.0 Å². The molecule has 98 valence electrons. The second-order valence-corrected chi connectivity index (χ2v) is 4.70. The van der Waals surface area contributed by atoms with Crippen LogP contribution >= 0.6 is 0 Å². The quantitative estimate of drug-likeness (QED) is 0.894. The Morgan fingerprint density at radius 1 is 1.05 bits per heavy atom. The van der Waals surface area contributed by atoms with Crippen LogP contribution in [0.4, 0.5) is 5.69 Å². The normalized spacial score (nSPS) is 10.3. The van der Waals surface area contributed by atoms with E-state index in [9.17, 15) is 9.90 Å². The van der Waals surface area contributed by atoms with Gasteiger partial charge >= 0.3 is 0 Å². The molecule has 0 fully saturated rings. The molecule has 0 radical (unpaired) electrons. The first-order valence-corrected chi connectivity index (χ1v) is 6.13. The molecule has 0 saturated carbocycles. The van der Waals surface area contributed by atoms with Crippen LogP contribution in [0.5, 0.6) is 5.75 Å². The molecule has 0 saturated heterocycles. The summed E-state index contributed by atoms with van der Waals surface area (Å²) in [5, 5.41) is 9.27. The molecule has 0 bridgehead atoms.